The van der Waals surface area contributed by atoms with Crippen molar-refractivity contribution in [3.05, 3.63) is 66.1 Å². The Balaban J connectivity index is 1.42. The zero-order valence-electron chi connectivity index (χ0n) is 14.1. The second-order valence-electron chi connectivity index (χ2n) is 5.67. The number of benzene rings is 2. The van der Waals surface area contributed by atoms with Crippen molar-refractivity contribution in [2.24, 2.45) is 0 Å². The van der Waals surface area contributed by atoms with Gasteiger partial charge >= 0.3 is 6.01 Å². The number of amides is 2. The Kier molecular flexibility index (Phi) is 4.44. The Labute approximate surface area is 154 Å². The summed E-state index contributed by atoms with van der Waals surface area (Å²) in [6, 6.07) is 13.7. The van der Waals surface area contributed by atoms with Crippen LogP contribution in [0.3, 0.4) is 0 Å². The van der Waals surface area contributed by atoms with Crippen molar-refractivity contribution in [1.29, 1.82) is 0 Å². The molecule has 0 spiro atoms. The summed E-state index contributed by atoms with van der Waals surface area (Å²) < 4.78 is 16.1. The van der Waals surface area contributed by atoms with Crippen molar-refractivity contribution in [3.8, 4) is 11.5 Å². The van der Waals surface area contributed by atoms with Gasteiger partial charge < -0.3 is 19.2 Å². The Morgan fingerprint density at radius 1 is 0.889 bits per heavy atom. The van der Waals surface area contributed by atoms with Crippen LogP contribution in [0.5, 0.6) is 11.5 Å². The first-order valence-corrected chi connectivity index (χ1v) is 8.22. The van der Waals surface area contributed by atoms with Gasteiger partial charge in [0.25, 0.3) is 11.8 Å². The Hall–Kier alpha value is -3.81. The third-order valence-electron chi connectivity index (χ3n) is 3.79. The molecule has 1 aromatic heterocycles. The van der Waals surface area contributed by atoms with Gasteiger partial charge in [-0.3, -0.25) is 14.9 Å². The van der Waals surface area contributed by atoms with Gasteiger partial charge in [0, 0.05) is 17.3 Å². The van der Waals surface area contributed by atoms with Crippen LogP contribution in [0, 0.1) is 0 Å². The van der Waals surface area contributed by atoms with E-state index in [4.69, 9.17) is 13.9 Å². The minimum atomic E-state index is -0.476. The number of hydrogen-bond acceptors (Lipinski definition) is 6. The highest BCUT2D eigenvalue weighted by molar-refractivity contribution is 6.05. The summed E-state index contributed by atoms with van der Waals surface area (Å²) in [7, 11) is 0. The van der Waals surface area contributed by atoms with Crippen molar-refractivity contribution in [3.63, 3.8) is 0 Å². The fourth-order valence-electron chi connectivity index (χ4n) is 2.51. The van der Waals surface area contributed by atoms with E-state index in [-0.39, 0.29) is 17.6 Å². The van der Waals surface area contributed by atoms with Gasteiger partial charge in [0.1, 0.15) is 19.5 Å². The van der Waals surface area contributed by atoms with E-state index in [1.54, 1.807) is 42.5 Å². The van der Waals surface area contributed by atoms with Gasteiger partial charge in [-0.05, 0) is 24.3 Å². The average molecular weight is 365 g/mol. The molecule has 0 saturated heterocycles. The van der Waals surface area contributed by atoms with E-state index in [0.29, 0.717) is 36.0 Å². The van der Waals surface area contributed by atoms with Gasteiger partial charge in [-0.2, -0.15) is 4.98 Å². The zero-order chi connectivity index (χ0) is 18.6. The maximum atomic E-state index is 12.3. The topological polar surface area (TPSA) is 103 Å². The zero-order valence-corrected chi connectivity index (χ0v) is 14.1. The van der Waals surface area contributed by atoms with Gasteiger partial charge in [-0.25, -0.2) is 0 Å². The first kappa shape index (κ1) is 16.6. The molecule has 27 heavy (non-hydrogen) atoms. The number of carbonyl (C=O) groups is 2. The van der Waals surface area contributed by atoms with Crippen LogP contribution in [0.4, 0.5) is 11.7 Å². The van der Waals surface area contributed by atoms with Gasteiger partial charge in [-0.1, -0.05) is 18.2 Å². The molecular formula is C19H15N3O5. The van der Waals surface area contributed by atoms with Crippen LogP contribution in [-0.2, 0) is 0 Å². The molecule has 0 radical (unpaired) electrons. The number of fused-ring (bicyclic) bond motifs is 1. The van der Waals surface area contributed by atoms with E-state index in [9.17, 15) is 9.59 Å². The Bertz CT molecular complexity index is 984. The third-order valence-corrected chi connectivity index (χ3v) is 3.79. The van der Waals surface area contributed by atoms with Crippen LogP contribution in [-0.4, -0.2) is 30.0 Å². The molecule has 0 unspecified atom stereocenters. The average Bonchev–Trinajstić information content (AvgIpc) is 3.17. The summed E-state index contributed by atoms with van der Waals surface area (Å²) in [6.45, 7) is 0.952. The molecular weight excluding hydrogens is 350 g/mol. The van der Waals surface area contributed by atoms with Crippen molar-refractivity contribution >= 4 is 23.5 Å². The fourth-order valence-corrected chi connectivity index (χ4v) is 2.51. The molecule has 4 rings (SSSR count). The lowest BCUT2D eigenvalue weighted by Crippen LogP contribution is -2.17. The van der Waals surface area contributed by atoms with E-state index < -0.39 is 5.91 Å². The second-order valence-corrected chi connectivity index (χ2v) is 5.67. The minimum absolute atomic E-state index is 0.0354. The summed E-state index contributed by atoms with van der Waals surface area (Å²) in [5, 5.41) is 5.20. The lowest BCUT2D eigenvalue weighted by atomic mass is 10.2. The first-order valence-electron chi connectivity index (χ1n) is 8.22. The van der Waals surface area contributed by atoms with E-state index in [1.807, 2.05) is 6.07 Å². The molecule has 1 aliphatic heterocycles. The molecule has 1 aliphatic rings. The number of carbonyl (C=O) groups excluding carboxylic acids is 2. The van der Waals surface area contributed by atoms with Crippen molar-refractivity contribution in [1.82, 2.24) is 4.98 Å². The Morgan fingerprint density at radius 2 is 1.67 bits per heavy atom. The van der Waals surface area contributed by atoms with Crippen molar-refractivity contribution in [2.45, 2.75) is 0 Å². The summed E-state index contributed by atoms with van der Waals surface area (Å²) in [6.07, 6.45) is 1.17. The predicted molar refractivity (Wildman–Crippen MR) is 96.3 cm³/mol. The van der Waals surface area contributed by atoms with Crippen LogP contribution in [0.15, 0.2) is 59.2 Å². The quantitative estimate of drug-likeness (QED) is 0.737. The largest absolute Gasteiger partial charge is 0.486 e. The monoisotopic (exact) mass is 365 g/mol. The highest BCUT2D eigenvalue weighted by Crippen LogP contribution is 2.32. The number of rotatable bonds is 4. The Morgan fingerprint density at radius 3 is 2.48 bits per heavy atom. The van der Waals surface area contributed by atoms with E-state index in [2.05, 4.69) is 15.6 Å². The molecule has 0 bridgehead atoms. The number of anilines is 2. The normalized spacial score (nSPS) is 12.3. The maximum absolute atomic E-state index is 12.3. The van der Waals surface area contributed by atoms with Crippen LogP contribution in [0.2, 0.25) is 0 Å². The third kappa shape index (κ3) is 3.74. The van der Waals surface area contributed by atoms with Crippen LogP contribution in [0.1, 0.15) is 20.8 Å². The number of oxazole rings is 1. The summed E-state index contributed by atoms with van der Waals surface area (Å²) >= 11 is 0. The molecule has 8 nitrogen and oxygen atoms in total. The first-order chi connectivity index (χ1) is 13.2. The van der Waals surface area contributed by atoms with Crippen LogP contribution in [0.25, 0.3) is 0 Å². The highest BCUT2D eigenvalue weighted by Gasteiger charge is 2.17. The van der Waals surface area contributed by atoms with E-state index in [0.717, 1.165) is 0 Å². The highest BCUT2D eigenvalue weighted by atomic mass is 16.6. The smallest absolute Gasteiger partial charge is 0.302 e. The SMILES string of the molecule is O=C(Nc1nc(C(=O)Nc2ccc3c(c2)OCCO3)co1)c1ccccc1. The molecule has 2 aromatic carbocycles. The maximum Gasteiger partial charge on any atom is 0.302 e. The molecule has 8 heteroatoms. The van der Waals surface area contributed by atoms with Crippen molar-refractivity contribution in [2.75, 3.05) is 23.8 Å². The fraction of sp³-hybridized carbons (Fsp3) is 0.105. The molecule has 2 amide bonds. The predicted octanol–water partition coefficient (Wildman–Crippen LogP) is 2.95. The van der Waals surface area contributed by atoms with Crippen molar-refractivity contribution < 1.29 is 23.5 Å². The number of ether oxygens (including phenoxy) is 2. The number of nitrogens with one attached hydrogen (secondary N) is 2. The number of aromatic nitrogens is 1. The van der Waals surface area contributed by atoms with E-state index >= 15 is 0 Å². The van der Waals surface area contributed by atoms with Crippen LogP contribution >= 0.6 is 0 Å². The molecule has 2 heterocycles. The standard InChI is InChI=1S/C19H15N3O5/c23-17(12-4-2-1-3-5-12)22-19-21-14(11-27-19)18(24)20-13-6-7-15-16(10-13)26-9-8-25-15/h1-7,10-11H,8-9H2,(H,20,24)(H,21,22,23). The second kappa shape index (κ2) is 7.20. The van der Waals surface area contributed by atoms with Gasteiger partial charge in [0.15, 0.2) is 17.2 Å². The van der Waals surface area contributed by atoms with Gasteiger partial charge in [0.05, 0.1) is 0 Å². The molecule has 136 valence electrons. The summed E-state index contributed by atoms with van der Waals surface area (Å²) in [5.41, 5.74) is 1.02. The summed E-state index contributed by atoms with van der Waals surface area (Å²) in [4.78, 5) is 28.4. The minimum Gasteiger partial charge on any atom is -0.486 e. The van der Waals surface area contributed by atoms with Gasteiger partial charge in [-0.15, -0.1) is 0 Å². The molecule has 2 N–H and O–H groups in total. The molecule has 0 saturated carbocycles. The number of hydrogen-bond donors (Lipinski definition) is 2. The molecule has 0 fully saturated rings. The molecule has 0 aliphatic carbocycles. The van der Waals surface area contributed by atoms with Gasteiger partial charge in [0.2, 0.25) is 0 Å². The van der Waals surface area contributed by atoms with E-state index in [1.165, 1.54) is 6.26 Å². The molecule has 0 atom stereocenters. The van der Waals surface area contributed by atoms with Crippen LogP contribution < -0.4 is 20.1 Å². The molecule has 3 aromatic rings. The lowest BCUT2D eigenvalue weighted by molar-refractivity contribution is 0.101. The summed E-state index contributed by atoms with van der Waals surface area (Å²) in [5.74, 6) is 0.341. The lowest BCUT2D eigenvalue weighted by Gasteiger charge is -2.18. The number of nitrogens with zero attached hydrogens (tertiary/aromatic N) is 1.